The largest absolute Gasteiger partial charge is 0.497 e. The van der Waals surface area contributed by atoms with E-state index in [0.29, 0.717) is 12.5 Å². The highest BCUT2D eigenvalue weighted by molar-refractivity contribution is 7.89. The first kappa shape index (κ1) is 19.9. The van der Waals surface area contributed by atoms with Crippen molar-refractivity contribution in [2.24, 2.45) is 0 Å². The molecule has 2 aromatic carbocycles. The third kappa shape index (κ3) is 5.57. The van der Waals surface area contributed by atoms with Gasteiger partial charge in [-0.2, -0.15) is 0 Å². The van der Waals surface area contributed by atoms with Gasteiger partial charge in [-0.3, -0.25) is 4.79 Å². The number of hydrogen-bond acceptors (Lipinski definition) is 4. The molecule has 0 saturated heterocycles. The van der Waals surface area contributed by atoms with Gasteiger partial charge in [-0.1, -0.05) is 38.1 Å². The van der Waals surface area contributed by atoms with Crippen molar-refractivity contribution in [3.8, 4) is 5.75 Å². The molecule has 2 N–H and O–H groups in total. The van der Waals surface area contributed by atoms with Crippen molar-refractivity contribution in [1.29, 1.82) is 0 Å². The van der Waals surface area contributed by atoms with E-state index < -0.39 is 15.9 Å². The van der Waals surface area contributed by atoms with Crippen LogP contribution in [0.4, 0.5) is 0 Å². The van der Waals surface area contributed by atoms with E-state index in [2.05, 4.69) is 10.0 Å². The van der Waals surface area contributed by atoms with E-state index >= 15 is 0 Å². The molecule has 0 bridgehead atoms. The molecule has 2 aromatic rings. The highest BCUT2D eigenvalue weighted by atomic mass is 32.2. The molecule has 0 aliphatic rings. The number of methoxy groups -OCH3 is 1. The van der Waals surface area contributed by atoms with Crippen molar-refractivity contribution in [1.82, 2.24) is 10.0 Å². The fraction of sp³-hybridized carbons (Fsp3) is 0.316. The summed E-state index contributed by atoms with van der Waals surface area (Å²) in [4.78, 5) is 12.0. The Bertz CT molecular complexity index is 829. The molecule has 2 rings (SSSR count). The molecule has 0 heterocycles. The average molecular weight is 376 g/mol. The summed E-state index contributed by atoms with van der Waals surface area (Å²) in [7, 11) is -2.13. The summed E-state index contributed by atoms with van der Waals surface area (Å²) in [6.45, 7) is 4.07. The second kappa shape index (κ2) is 8.82. The first-order valence-electron chi connectivity index (χ1n) is 8.31. The lowest BCUT2D eigenvalue weighted by Crippen LogP contribution is -2.36. The van der Waals surface area contributed by atoms with Crippen LogP contribution in [0.3, 0.4) is 0 Å². The minimum Gasteiger partial charge on any atom is -0.497 e. The van der Waals surface area contributed by atoms with Crippen molar-refractivity contribution in [3.63, 3.8) is 0 Å². The lowest BCUT2D eigenvalue weighted by molar-refractivity contribution is -0.120. The van der Waals surface area contributed by atoms with Crippen molar-refractivity contribution < 1.29 is 17.9 Å². The molecule has 7 heteroatoms. The van der Waals surface area contributed by atoms with E-state index in [1.165, 1.54) is 0 Å². The second-order valence-electron chi connectivity index (χ2n) is 6.17. The van der Waals surface area contributed by atoms with Crippen LogP contribution in [0, 0.1) is 0 Å². The lowest BCUT2D eigenvalue weighted by atomic mass is 10.0. The number of nitrogens with one attached hydrogen (secondary N) is 2. The van der Waals surface area contributed by atoms with Gasteiger partial charge in [-0.25, -0.2) is 13.1 Å². The van der Waals surface area contributed by atoms with Gasteiger partial charge in [0, 0.05) is 6.54 Å². The van der Waals surface area contributed by atoms with Crippen LogP contribution in [0.15, 0.2) is 53.4 Å². The molecule has 0 aromatic heterocycles. The zero-order valence-corrected chi connectivity index (χ0v) is 16.0. The number of ether oxygens (including phenoxy) is 1. The van der Waals surface area contributed by atoms with Gasteiger partial charge < -0.3 is 10.1 Å². The molecule has 140 valence electrons. The molecule has 0 spiro atoms. The fourth-order valence-corrected chi connectivity index (χ4v) is 3.26. The van der Waals surface area contributed by atoms with Gasteiger partial charge >= 0.3 is 0 Å². The molecule has 6 nitrogen and oxygen atoms in total. The quantitative estimate of drug-likeness (QED) is 0.741. The molecule has 0 fully saturated rings. The van der Waals surface area contributed by atoms with E-state index in [1.807, 2.05) is 26.0 Å². The molecule has 0 saturated carbocycles. The molecule has 0 aliphatic heterocycles. The van der Waals surface area contributed by atoms with Gasteiger partial charge in [0.1, 0.15) is 5.75 Å². The van der Waals surface area contributed by atoms with Crippen molar-refractivity contribution >= 4 is 15.9 Å². The average Bonchev–Trinajstić information content (AvgIpc) is 2.65. The number of benzene rings is 2. The maximum atomic E-state index is 12.3. The Morgan fingerprint density at radius 3 is 2.19 bits per heavy atom. The minimum absolute atomic E-state index is 0.143. The predicted octanol–water partition coefficient (Wildman–Crippen LogP) is 2.41. The highest BCUT2D eigenvalue weighted by Gasteiger charge is 2.15. The monoisotopic (exact) mass is 376 g/mol. The smallest absolute Gasteiger partial charge is 0.241 e. The van der Waals surface area contributed by atoms with Crippen molar-refractivity contribution in [2.75, 3.05) is 13.7 Å². The molecule has 0 radical (unpaired) electrons. The summed E-state index contributed by atoms with van der Waals surface area (Å²) < 4.78 is 31.9. The zero-order chi connectivity index (χ0) is 19.2. The number of hydrogen-bond donors (Lipinski definition) is 2. The summed E-state index contributed by atoms with van der Waals surface area (Å²) in [5, 5.41) is 2.68. The topological polar surface area (TPSA) is 84.5 Å². The first-order chi connectivity index (χ1) is 12.3. The normalized spacial score (nSPS) is 11.4. The molecular weight excluding hydrogens is 352 g/mol. The standard InChI is InChI=1S/C19H24N2O4S/c1-14(2)16-6-10-18(11-7-16)26(23,24)21-13-19(22)20-12-15-4-8-17(25-3)9-5-15/h4-11,14,21H,12-13H2,1-3H3,(H,20,22). The Morgan fingerprint density at radius 1 is 1.04 bits per heavy atom. The number of sulfonamides is 1. The van der Waals surface area contributed by atoms with E-state index in [1.54, 1.807) is 43.5 Å². The van der Waals surface area contributed by atoms with Crippen molar-refractivity contribution in [2.45, 2.75) is 31.2 Å². The lowest BCUT2D eigenvalue weighted by Gasteiger charge is -2.10. The predicted molar refractivity (Wildman–Crippen MR) is 101 cm³/mol. The van der Waals surface area contributed by atoms with Gasteiger partial charge in [0.15, 0.2) is 0 Å². The summed E-state index contributed by atoms with van der Waals surface area (Å²) in [5.74, 6) is 0.656. The third-order valence-electron chi connectivity index (χ3n) is 3.93. The van der Waals surface area contributed by atoms with E-state index in [0.717, 1.165) is 16.9 Å². The molecule has 0 aliphatic carbocycles. The SMILES string of the molecule is COc1ccc(CNC(=O)CNS(=O)(=O)c2ccc(C(C)C)cc2)cc1. The maximum absolute atomic E-state index is 12.3. The van der Waals surface area contributed by atoms with Crippen LogP contribution in [0.1, 0.15) is 30.9 Å². The van der Waals surface area contributed by atoms with Crippen LogP contribution >= 0.6 is 0 Å². The van der Waals surface area contributed by atoms with Crippen molar-refractivity contribution in [3.05, 3.63) is 59.7 Å². The Morgan fingerprint density at radius 2 is 1.65 bits per heavy atom. The molecule has 1 amide bonds. The Balaban J connectivity index is 1.86. The zero-order valence-electron chi connectivity index (χ0n) is 15.2. The molecule has 26 heavy (non-hydrogen) atoms. The van der Waals surface area contributed by atoms with Gasteiger partial charge in [-0.05, 0) is 41.3 Å². The van der Waals surface area contributed by atoms with E-state index in [9.17, 15) is 13.2 Å². The number of carbonyl (C=O) groups is 1. The van der Waals surface area contributed by atoms with Gasteiger partial charge in [0.2, 0.25) is 15.9 Å². The van der Waals surface area contributed by atoms with Crippen LogP contribution in [-0.2, 0) is 21.4 Å². The Kier molecular flexibility index (Phi) is 6.76. The summed E-state index contributed by atoms with van der Waals surface area (Å²) in [6, 6.07) is 13.9. The van der Waals surface area contributed by atoms with Gasteiger partial charge in [-0.15, -0.1) is 0 Å². The van der Waals surface area contributed by atoms with Crippen LogP contribution in [0.2, 0.25) is 0 Å². The second-order valence-corrected chi connectivity index (χ2v) is 7.94. The van der Waals surface area contributed by atoms with Crippen LogP contribution in [0.5, 0.6) is 5.75 Å². The number of rotatable bonds is 8. The Hall–Kier alpha value is -2.38. The van der Waals surface area contributed by atoms with Crippen LogP contribution in [0.25, 0.3) is 0 Å². The minimum atomic E-state index is -3.72. The van der Waals surface area contributed by atoms with Crippen LogP contribution in [-0.4, -0.2) is 28.0 Å². The molecular formula is C19H24N2O4S. The molecule has 0 atom stereocenters. The third-order valence-corrected chi connectivity index (χ3v) is 5.35. The van der Waals surface area contributed by atoms with Gasteiger partial charge in [0.05, 0.1) is 18.6 Å². The molecule has 0 unspecified atom stereocenters. The van der Waals surface area contributed by atoms with E-state index in [-0.39, 0.29) is 11.4 Å². The summed E-state index contributed by atoms with van der Waals surface area (Å²) >= 11 is 0. The van der Waals surface area contributed by atoms with E-state index in [4.69, 9.17) is 4.74 Å². The number of amides is 1. The summed E-state index contributed by atoms with van der Waals surface area (Å²) in [6.07, 6.45) is 0. The Labute approximate surface area is 154 Å². The highest BCUT2D eigenvalue weighted by Crippen LogP contribution is 2.17. The number of carbonyl (C=O) groups excluding carboxylic acids is 1. The van der Waals surface area contributed by atoms with Gasteiger partial charge in [0.25, 0.3) is 0 Å². The maximum Gasteiger partial charge on any atom is 0.241 e. The summed E-state index contributed by atoms with van der Waals surface area (Å²) in [5.41, 5.74) is 1.95. The fourth-order valence-electron chi connectivity index (χ4n) is 2.28. The van der Waals surface area contributed by atoms with Crippen LogP contribution < -0.4 is 14.8 Å². The first-order valence-corrected chi connectivity index (χ1v) is 9.79.